The first-order valence-electron chi connectivity index (χ1n) is 5.99. The van der Waals surface area contributed by atoms with Crippen molar-refractivity contribution in [2.75, 3.05) is 0 Å². The molecule has 0 amide bonds. The Labute approximate surface area is 107 Å². The van der Waals surface area contributed by atoms with E-state index in [1.54, 1.807) is 6.07 Å². The zero-order valence-corrected chi connectivity index (χ0v) is 11.3. The van der Waals surface area contributed by atoms with Gasteiger partial charge in [-0.3, -0.25) is 4.55 Å². The van der Waals surface area contributed by atoms with Crippen molar-refractivity contribution in [2.45, 2.75) is 31.6 Å². The summed E-state index contributed by atoms with van der Waals surface area (Å²) in [4.78, 5) is 0.0155. The number of fused-ring (bicyclic) bond motifs is 1. The molecule has 18 heavy (non-hydrogen) atoms. The van der Waals surface area contributed by atoms with Gasteiger partial charge < -0.3 is 0 Å². The van der Waals surface area contributed by atoms with E-state index in [1.165, 1.54) is 11.6 Å². The molecule has 0 spiro atoms. The summed E-state index contributed by atoms with van der Waals surface area (Å²) in [5, 5.41) is 1.91. The van der Waals surface area contributed by atoms with Gasteiger partial charge in [0.05, 0.1) is 4.90 Å². The lowest BCUT2D eigenvalue weighted by Crippen LogP contribution is -2.03. The molecule has 0 saturated carbocycles. The number of hydrogen-bond donors (Lipinski definition) is 1. The minimum atomic E-state index is -4.15. The predicted molar refractivity (Wildman–Crippen MR) is 72.5 cm³/mol. The van der Waals surface area contributed by atoms with Crippen molar-refractivity contribution in [3.8, 4) is 0 Å². The molecule has 0 heterocycles. The Balaban J connectivity index is 2.81. The first-order valence-corrected chi connectivity index (χ1v) is 7.43. The quantitative estimate of drug-likeness (QED) is 0.866. The molecule has 0 aromatic heterocycles. The summed E-state index contributed by atoms with van der Waals surface area (Å²) in [6, 6.07) is 9.21. The molecule has 1 N–H and O–H groups in total. The van der Waals surface area contributed by atoms with Gasteiger partial charge in [0.15, 0.2) is 0 Å². The molecule has 0 fully saturated rings. The molecule has 0 aliphatic heterocycles. The van der Waals surface area contributed by atoms with Crippen LogP contribution in [0.2, 0.25) is 0 Å². The van der Waals surface area contributed by atoms with E-state index in [4.69, 9.17) is 0 Å². The monoisotopic (exact) mass is 264 g/mol. The van der Waals surface area contributed by atoms with Crippen LogP contribution >= 0.6 is 0 Å². The summed E-state index contributed by atoms with van der Waals surface area (Å²) in [7, 11) is -4.15. The molecule has 0 aliphatic carbocycles. The Kier molecular flexibility index (Phi) is 3.41. The van der Waals surface area contributed by atoms with E-state index in [0.29, 0.717) is 12.0 Å². The minimum absolute atomic E-state index is 0.0155. The maximum Gasteiger partial charge on any atom is 0.294 e. The second kappa shape index (κ2) is 4.71. The van der Waals surface area contributed by atoms with Gasteiger partial charge in [-0.1, -0.05) is 38.1 Å². The maximum absolute atomic E-state index is 11.3. The topological polar surface area (TPSA) is 54.4 Å². The van der Waals surface area contributed by atoms with Crippen LogP contribution in [0.5, 0.6) is 0 Å². The molecule has 0 bridgehead atoms. The largest absolute Gasteiger partial charge is 0.294 e. The molecule has 3 nitrogen and oxygen atoms in total. The normalized spacial score (nSPS) is 11.9. The number of benzene rings is 2. The van der Waals surface area contributed by atoms with Crippen LogP contribution in [0.4, 0.5) is 0 Å². The summed E-state index contributed by atoms with van der Waals surface area (Å²) in [5.41, 5.74) is 1.89. The highest BCUT2D eigenvalue weighted by molar-refractivity contribution is 7.85. The molecule has 4 heteroatoms. The smallest absolute Gasteiger partial charge is 0.282 e. The molecule has 0 aliphatic rings. The zero-order chi connectivity index (χ0) is 13.3. The number of aryl methyl sites for hydroxylation is 2. The second-order valence-electron chi connectivity index (χ2n) is 4.28. The molecule has 0 radical (unpaired) electrons. The molecule has 2 rings (SSSR count). The molecule has 0 atom stereocenters. The van der Waals surface area contributed by atoms with Gasteiger partial charge in [0.2, 0.25) is 0 Å². The summed E-state index contributed by atoms with van der Waals surface area (Å²) in [6.07, 6.45) is 1.51. The number of rotatable bonds is 3. The van der Waals surface area contributed by atoms with E-state index >= 15 is 0 Å². The van der Waals surface area contributed by atoms with Gasteiger partial charge in [-0.2, -0.15) is 8.42 Å². The summed E-state index contributed by atoms with van der Waals surface area (Å²) in [6.45, 7) is 3.96. The van der Waals surface area contributed by atoms with Crippen molar-refractivity contribution in [1.29, 1.82) is 0 Å². The minimum Gasteiger partial charge on any atom is -0.282 e. The van der Waals surface area contributed by atoms with Gasteiger partial charge in [0.1, 0.15) is 0 Å². The van der Waals surface area contributed by atoms with Crippen LogP contribution < -0.4 is 0 Å². The third-order valence-electron chi connectivity index (χ3n) is 3.19. The molecular formula is C14H16O3S. The van der Waals surface area contributed by atoms with E-state index in [9.17, 15) is 13.0 Å². The van der Waals surface area contributed by atoms with Gasteiger partial charge in [0, 0.05) is 0 Å². The first-order chi connectivity index (χ1) is 8.47. The lowest BCUT2D eigenvalue weighted by molar-refractivity contribution is 0.482. The Morgan fingerprint density at radius 3 is 2.33 bits per heavy atom. The van der Waals surface area contributed by atoms with Crippen LogP contribution in [0, 0.1) is 0 Å². The van der Waals surface area contributed by atoms with E-state index in [0.717, 1.165) is 17.2 Å². The van der Waals surface area contributed by atoms with Gasteiger partial charge in [0.25, 0.3) is 10.1 Å². The Morgan fingerprint density at radius 1 is 1.06 bits per heavy atom. The average molecular weight is 264 g/mol. The highest BCUT2D eigenvalue weighted by Gasteiger charge is 2.16. The molecule has 96 valence electrons. The zero-order valence-electron chi connectivity index (χ0n) is 10.5. The van der Waals surface area contributed by atoms with Crippen LogP contribution in [0.1, 0.15) is 25.0 Å². The fraction of sp³-hybridized carbons (Fsp3) is 0.286. The molecule has 0 saturated heterocycles. The van der Waals surface area contributed by atoms with Crippen LogP contribution in [0.25, 0.3) is 10.8 Å². The lowest BCUT2D eigenvalue weighted by Gasteiger charge is -2.10. The highest BCUT2D eigenvalue weighted by atomic mass is 32.2. The third kappa shape index (κ3) is 2.26. The van der Waals surface area contributed by atoms with Gasteiger partial charge in [-0.25, -0.2) is 0 Å². The van der Waals surface area contributed by atoms with Gasteiger partial charge in [-0.15, -0.1) is 0 Å². The molecule has 0 unspecified atom stereocenters. The van der Waals surface area contributed by atoms with E-state index < -0.39 is 10.1 Å². The summed E-state index contributed by atoms with van der Waals surface area (Å²) >= 11 is 0. The van der Waals surface area contributed by atoms with Crippen molar-refractivity contribution in [3.63, 3.8) is 0 Å². The Hall–Kier alpha value is -1.39. The fourth-order valence-corrected chi connectivity index (χ4v) is 3.06. The second-order valence-corrected chi connectivity index (χ2v) is 5.67. The fourth-order valence-electron chi connectivity index (χ4n) is 2.25. The lowest BCUT2D eigenvalue weighted by atomic mass is 10.00. The summed E-state index contributed by atoms with van der Waals surface area (Å²) < 4.78 is 31.9. The molecule has 2 aromatic carbocycles. The van der Waals surface area contributed by atoms with Crippen molar-refractivity contribution in [1.82, 2.24) is 0 Å². The average Bonchev–Trinajstić information content (AvgIpc) is 2.35. The predicted octanol–water partition coefficient (Wildman–Crippen LogP) is 3.21. The SMILES string of the molecule is CCc1ccc2c(CC)c(S(=O)(=O)O)ccc2c1. The first kappa shape index (κ1) is 13.1. The molecule has 2 aromatic rings. The van der Waals surface area contributed by atoms with Crippen LogP contribution in [0.3, 0.4) is 0 Å². The van der Waals surface area contributed by atoms with Crippen molar-refractivity contribution < 1.29 is 13.0 Å². The van der Waals surface area contributed by atoms with Crippen LogP contribution in [-0.4, -0.2) is 13.0 Å². The van der Waals surface area contributed by atoms with E-state index in [-0.39, 0.29) is 4.90 Å². The van der Waals surface area contributed by atoms with Crippen molar-refractivity contribution >= 4 is 20.9 Å². The van der Waals surface area contributed by atoms with E-state index in [1.807, 2.05) is 19.1 Å². The Bertz CT molecular complexity index is 687. The highest BCUT2D eigenvalue weighted by Crippen LogP contribution is 2.27. The van der Waals surface area contributed by atoms with Gasteiger partial charge in [-0.05, 0) is 40.8 Å². The van der Waals surface area contributed by atoms with Crippen LogP contribution in [-0.2, 0) is 23.0 Å². The molecular weight excluding hydrogens is 248 g/mol. The number of hydrogen-bond acceptors (Lipinski definition) is 2. The standard InChI is InChI=1S/C14H16O3S/c1-3-10-5-7-13-11(9-10)6-8-14(12(13)4-2)18(15,16)17/h5-9H,3-4H2,1-2H3,(H,15,16,17). The van der Waals surface area contributed by atoms with E-state index in [2.05, 4.69) is 13.0 Å². The van der Waals surface area contributed by atoms with Gasteiger partial charge >= 0.3 is 0 Å². The van der Waals surface area contributed by atoms with Crippen LogP contribution in [0.15, 0.2) is 35.2 Å². The maximum atomic E-state index is 11.3. The summed E-state index contributed by atoms with van der Waals surface area (Å²) in [5.74, 6) is 0. The van der Waals surface area contributed by atoms with Crippen molar-refractivity contribution in [2.24, 2.45) is 0 Å². The Morgan fingerprint density at radius 2 is 1.78 bits per heavy atom. The third-order valence-corrected chi connectivity index (χ3v) is 4.13. The van der Waals surface area contributed by atoms with Crippen molar-refractivity contribution in [3.05, 3.63) is 41.5 Å².